The van der Waals surface area contributed by atoms with E-state index in [-0.39, 0.29) is 5.91 Å². The number of fused-ring (bicyclic) bond motifs is 2. The molecular weight excluding hydrogens is 236 g/mol. The fourth-order valence-electron chi connectivity index (χ4n) is 3.20. The van der Waals surface area contributed by atoms with E-state index in [0.717, 1.165) is 13.1 Å². The van der Waals surface area contributed by atoms with Crippen molar-refractivity contribution in [3.05, 3.63) is 34.9 Å². The average Bonchev–Trinajstić information content (AvgIpc) is 3.08. The van der Waals surface area contributed by atoms with Crippen molar-refractivity contribution in [3.63, 3.8) is 0 Å². The molecule has 1 amide bonds. The predicted molar refractivity (Wildman–Crippen MR) is 76.1 cm³/mol. The van der Waals surface area contributed by atoms with Crippen LogP contribution in [0.3, 0.4) is 0 Å². The molecular formula is C16H22N2O. The highest BCUT2D eigenvalue weighted by molar-refractivity contribution is 5.77. The summed E-state index contributed by atoms with van der Waals surface area (Å²) >= 11 is 0. The maximum absolute atomic E-state index is 11.9. The van der Waals surface area contributed by atoms with Crippen molar-refractivity contribution < 1.29 is 4.79 Å². The normalized spacial score (nSPS) is 20.2. The van der Waals surface area contributed by atoms with E-state index >= 15 is 0 Å². The Labute approximate surface area is 115 Å². The van der Waals surface area contributed by atoms with Crippen molar-refractivity contribution in [1.29, 1.82) is 0 Å². The Bertz CT molecular complexity index is 517. The summed E-state index contributed by atoms with van der Waals surface area (Å²) in [6, 6.07) is 6.82. The first-order valence-corrected chi connectivity index (χ1v) is 7.03. The molecule has 1 aliphatic carbocycles. The summed E-state index contributed by atoms with van der Waals surface area (Å²) in [4.78, 5) is 15.9. The van der Waals surface area contributed by atoms with Crippen molar-refractivity contribution in [2.45, 2.75) is 31.7 Å². The maximum Gasteiger partial charge on any atom is 0.236 e. The highest BCUT2D eigenvalue weighted by Crippen LogP contribution is 2.52. The Balaban J connectivity index is 1.84. The van der Waals surface area contributed by atoms with Crippen molar-refractivity contribution in [1.82, 2.24) is 9.80 Å². The van der Waals surface area contributed by atoms with Crippen molar-refractivity contribution in [2.75, 3.05) is 27.2 Å². The minimum Gasteiger partial charge on any atom is -0.348 e. The van der Waals surface area contributed by atoms with E-state index in [1.54, 1.807) is 4.90 Å². The number of benzene rings is 1. The van der Waals surface area contributed by atoms with E-state index in [1.165, 1.54) is 29.5 Å². The lowest BCUT2D eigenvalue weighted by atomic mass is 9.86. The van der Waals surface area contributed by atoms with Crippen LogP contribution in [0.15, 0.2) is 18.2 Å². The van der Waals surface area contributed by atoms with Crippen LogP contribution in [0.2, 0.25) is 0 Å². The van der Waals surface area contributed by atoms with E-state index in [9.17, 15) is 4.79 Å². The van der Waals surface area contributed by atoms with Gasteiger partial charge in [-0.3, -0.25) is 9.69 Å². The van der Waals surface area contributed by atoms with Crippen molar-refractivity contribution in [3.8, 4) is 0 Å². The van der Waals surface area contributed by atoms with Gasteiger partial charge in [0.15, 0.2) is 0 Å². The van der Waals surface area contributed by atoms with E-state index in [2.05, 4.69) is 30.0 Å². The van der Waals surface area contributed by atoms with Gasteiger partial charge in [0, 0.05) is 32.6 Å². The number of aryl methyl sites for hydroxylation is 1. The molecule has 1 spiro atoms. The summed E-state index contributed by atoms with van der Waals surface area (Å²) in [7, 11) is 3.66. The molecule has 0 N–H and O–H groups in total. The van der Waals surface area contributed by atoms with Crippen LogP contribution in [0.25, 0.3) is 0 Å². The summed E-state index contributed by atoms with van der Waals surface area (Å²) in [6.45, 7) is 4.65. The van der Waals surface area contributed by atoms with Crippen LogP contribution in [0, 0.1) is 6.92 Å². The maximum atomic E-state index is 11.9. The molecule has 0 saturated heterocycles. The molecule has 1 aromatic carbocycles. The van der Waals surface area contributed by atoms with Gasteiger partial charge in [-0.25, -0.2) is 0 Å². The van der Waals surface area contributed by atoms with E-state index in [4.69, 9.17) is 0 Å². The summed E-state index contributed by atoms with van der Waals surface area (Å²) in [5, 5.41) is 0. The predicted octanol–water partition coefficient (Wildman–Crippen LogP) is 1.93. The fraction of sp³-hybridized carbons (Fsp3) is 0.562. The van der Waals surface area contributed by atoms with Crippen LogP contribution in [0.1, 0.15) is 29.5 Å². The Morgan fingerprint density at radius 2 is 2.11 bits per heavy atom. The van der Waals surface area contributed by atoms with E-state index in [0.29, 0.717) is 12.0 Å². The number of hydrogen-bond acceptors (Lipinski definition) is 2. The van der Waals surface area contributed by atoms with Gasteiger partial charge in [-0.05, 0) is 30.9 Å². The number of amides is 1. The largest absolute Gasteiger partial charge is 0.348 e. The van der Waals surface area contributed by atoms with Crippen molar-refractivity contribution >= 4 is 5.91 Å². The average molecular weight is 258 g/mol. The molecule has 0 atom stereocenters. The molecule has 1 fully saturated rings. The minimum atomic E-state index is 0.201. The van der Waals surface area contributed by atoms with Gasteiger partial charge >= 0.3 is 0 Å². The smallest absolute Gasteiger partial charge is 0.236 e. The van der Waals surface area contributed by atoms with Gasteiger partial charge in [0.25, 0.3) is 0 Å². The van der Waals surface area contributed by atoms with Crippen LogP contribution < -0.4 is 0 Å². The molecule has 19 heavy (non-hydrogen) atoms. The number of carbonyl (C=O) groups is 1. The Hall–Kier alpha value is -1.35. The van der Waals surface area contributed by atoms with E-state index in [1.807, 2.05) is 14.1 Å². The monoisotopic (exact) mass is 258 g/mol. The molecule has 0 radical (unpaired) electrons. The third-order valence-corrected chi connectivity index (χ3v) is 4.46. The highest BCUT2D eigenvalue weighted by atomic mass is 16.2. The third-order valence-electron chi connectivity index (χ3n) is 4.46. The van der Waals surface area contributed by atoms with Crippen LogP contribution in [0.4, 0.5) is 0 Å². The van der Waals surface area contributed by atoms with Gasteiger partial charge in [-0.2, -0.15) is 0 Å². The number of hydrogen-bond donors (Lipinski definition) is 0. The molecule has 3 rings (SSSR count). The van der Waals surface area contributed by atoms with Gasteiger partial charge in [0.1, 0.15) is 0 Å². The standard InChI is InChI=1S/C16H22N2O/c1-12-4-5-14-13(8-12)9-18(10-15(19)17(2)3)11-16(14)6-7-16/h4-5,8H,6-7,9-11H2,1-3H3. The lowest BCUT2D eigenvalue weighted by Crippen LogP contribution is -2.43. The molecule has 1 saturated carbocycles. The molecule has 3 heteroatoms. The summed E-state index contributed by atoms with van der Waals surface area (Å²) < 4.78 is 0. The number of carbonyl (C=O) groups excluding carboxylic acids is 1. The van der Waals surface area contributed by atoms with Gasteiger partial charge in [-0.15, -0.1) is 0 Å². The van der Waals surface area contributed by atoms with Crippen LogP contribution >= 0.6 is 0 Å². The molecule has 0 bridgehead atoms. The van der Waals surface area contributed by atoms with Gasteiger partial charge < -0.3 is 4.90 Å². The number of rotatable bonds is 2. The van der Waals surface area contributed by atoms with Crippen LogP contribution in [-0.4, -0.2) is 42.9 Å². The Kier molecular flexibility index (Phi) is 2.90. The first-order chi connectivity index (χ1) is 9.00. The molecule has 0 unspecified atom stereocenters. The molecule has 2 aliphatic rings. The topological polar surface area (TPSA) is 23.6 Å². The second-order valence-corrected chi connectivity index (χ2v) is 6.37. The molecule has 1 heterocycles. The van der Waals surface area contributed by atoms with Crippen molar-refractivity contribution in [2.24, 2.45) is 0 Å². The van der Waals surface area contributed by atoms with Gasteiger partial charge in [0.05, 0.1) is 6.54 Å². The zero-order valence-corrected chi connectivity index (χ0v) is 12.1. The van der Waals surface area contributed by atoms with Crippen LogP contribution in [-0.2, 0) is 16.8 Å². The third kappa shape index (κ3) is 2.27. The Morgan fingerprint density at radius 1 is 1.37 bits per heavy atom. The zero-order chi connectivity index (χ0) is 13.6. The fourth-order valence-corrected chi connectivity index (χ4v) is 3.20. The van der Waals surface area contributed by atoms with Gasteiger partial charge in [-0.1, -0.05) is 23.8 Å². The lowest BCUT2D eigenvalue weighted by Gasteiger charge is -2.35. The van der Waals surface area contributed by atoms with Gasteiger partial charge in [0.2, 0.25) is 5.91 Å². The highest BCUT2D eigenvalue weighted by Gasteiger charge is 2.49. The summed E-state index contributed by atoms with van der Waals surface area (Å²) in [6.07, 6.45) is 2.55. The van der Waals surface area contributed by atoms with Crippen LogP contribution in [0.5, 0.6) is 0 Å². The number of likely N-dealkylation sites (N-methyl/N-ethyl adjacent to an activating group) is 1. The second-order valence-electron chi connectivity index (χ2n) is 6.37. The molecule has 1 aromatic rings. The Morgan fingerprint density at radius 3 is 2.74 bits per heavy atom. The quantitative estimate of drug-likeness (QED) is 0.809. The first-order valence-electron chi connectivity index (χ1n) is 7.03. The SMILES string of the molecule is Cc1ccc2c(c1)CN(CC(=O)N(C)C)CC21CC1. The summed E-state index contributed by atoms with van der Waals surface area (Å²) in [5.41, 5.74) is 4.63. The first kappa shape index (κ1) is 12.7. The number of nitrogens with zero attached hydrogens (tertiary/aromatic N) is 2. The molecule has 1 aliphatic heterocycles. The summed E-state index contributed by atoms with van der Waals surface area (Å²) in [5.74, 6) is 0.201. The molecule has 3 nitrogen and oxygen atoms in total. The van der Waals surface area contributed by atoms with E-state index < -0.39 is 0 Å². The lowest BCUT2D eigenvalue weighted by molar-refractivity contribution is -0.130. The molecule has 102 valence electrons. The minimum absolute atomic E-state index is 0.201. The zero-order valence-electron chi connectivity index (χ0n) is 12.1. The molecule has 0 aromatic heterocycles. The second kappa shape index (κ2) is 4.34.